The van der Waals surface area contributed by atoms with E-state index in [9.17, 15) is 9.90 Å². The molecule has 1 aliphatic heterocycles. The minimum Gasteiger partial charge on any atom is -0.478 e. The number of benzene rings is 1. The molecule has 1 saturated heterocycles. The first-order valence-corrected chi connectivity index (χ1v) is 9.82. The Morgan fingerprint density at radius 2 is 2.10 bits per heavy atom. The summed E-state index contributed by atoms with van der Waals surface area (Å²) in [6.07, 6.45) is 1.77. The summed E-state index contributed by atoms with van der Waals surface area (Å²) in [5, 5.41) is 13.2. The average molecular weight is 407 g/mol. The summed E-state index contributed by atoms with van der Waals surface area (Å²) in [5.74, 6) is 0.539. The van der Waals surface area contributed by atoms with Gasteiger partial charge >= 0.3 is 5.97 Å². The van der Waals surface area contributed by atoms with Gasteiger partial charge in [0.25, 0.3) is 0 Å². The number of hydrogen-bond acceptors (Lipinski definition) is 4. The van der Waals surface area contributed by atoms with E-state index in [0.29, 0.717) is 10.9 Å². The lowest BCUT2D eigenvalue weighted by Crippen LogP contribution is -2.29. The maximum absolute atomic E-state index is 11.2. The Kier molecular flexibility index (Phi) is 5.07. The molecule has 3 heterocycles. The highest BCUT2D eigenvalue weighted by molar-refractivity contribution is 7.80. The number of pyridine rings is 1. The molecule has 0 spiro atoms. The van der Waals surface area contributed by atoms with Gasteiger partial charge in [0.1, 0.15) is 17.6 Å². The van der Waals surface area contributed by atoms with Crippen molar-refractivity contribution in [3.8, 4) is 11.3 Å². The maximum atomic E-state index is 11.2. The number of rotatable bonds is 5. The van der Waals surface area contributed by atoms with Crippen LogP contribution in [0, 0.1) is 6.92 Å². The van der Waals surface area contributed by atoms with Crippen molar-refractivity contribution in [1.82, 2.24) is 15.2 Å². The van der Waals surface area contributed by atoms with E-state index < -0.39 is 5.97 Å². The molecule has 0 saturated carbocycles. The number of aryl methyl sites for hydroxylation is 1. The lowest BCUT2D eigenvalue weighted by Gasteiger charge is -2.24. The van der Waals surface area contributed by atoms with Crippen LogP contribution in [0.1, 0.15) is 46.4 Å². The third kappa shape index (κ3) is 3.49. The van der Waals surface area contributed by atoms with E-state index in [2.05, 4.69) is 22.1 Å². The average Bonchev–Trinajstić information content (AvgIpc) is 3.32. The van der Waals surface area contributed by atoms with Crippen LogP contribution in [0.3, 0.4) is 0 Å². The highest BCUT2D eigenvalue weighted by Crippen LogP contribution is 2.40. The van der Waals surface area contributed by atoms with Crippen molar-refractivity contribution in [2.75, 3.05) is 6.54 Å². The van der Waals surface area contributed by atoms with Gasteiger partial charge in [0.05, 0.1) is 17.3 Å². The van der Waals surface area contributed by atoms with Gasteiger partial charge in [0.15, 0.2) is 5.11 Å². The fourth-order valence-electron chi connectivity index (χ4n) is 3.78. The summed E-state index contributed by atoms with van der Waals surface area (Å²) < 4.78 is 6.25. The summed E-state index contributed by atoms with van der Waals surface area (Å²) in [4.78, 5) is 17.8. The number of aromatic carboxylic acids is 1. The number of nitrogens with one attached hydrogen (secondary N) is 1. The zero-order valence-electron chi connectivity index (χ0n) is 16.1. The van der Waals surface area contributed by atoms with Crippen LogP contribution in [0.5, 0.6) is 0 Å². The fourth-order valence-corrected chi connectivity index (χ4v) is 4.15. The summed E-state index contributed by atoms with van der Waals surface area (Å²) in [6, 6.07) is 14.5. The van der Waals surface area contributed by atoms with E-state index in [1.54, 1.807) is 24.4 Å². The van der Waals surface area contributed by atoms with Gasteiger partial charge in [-0.25, -0.2) is 4.79 Å². The molecular weight excluding hydrogens is 386 g/mol. The molecule has 0 unspecified atom stereocenters. The Morgan fingerprint density at radius 1 is 1.28 bits per heavy atom. The van der Waals surface area contributed by atoms with Gasteiger partial charge in [-0.3, -0.25) is 4.98 Å². The molecule has 1 fully saturated rings. The van der Waals surface area contributed by atoms with Crippen molar-refractivity contribution in [1.29, 1.82) is 0 Å². The smallest absolute Gasteiger partial charge is 0.335 e. The molecule has 7 heteroatoms. The number of thiocarbonyl (C=S) groups is 1. The fraction of sp³-hybridized carbons (Fsp3) is 0.227. The van der Waals surface area contributed by atoms with Crippen molar-refractivity contribution < 1.29 is 14.3 Å². The zero-order chi connectivity index (χ0) is 20.5. The molecule has 2 atom stereocenters. The number of likely N-dealkylation sites (N-methyl/N-ethyl adjacent to an activating group) is 1. The summed E-state index contributed by atoms with van der Waals surface area (Å²) in [7, 11) is 0. The Balaban J connectivity index is 1.71. The molecule has 1 aliphatic rings. The second-order valence-electron chi connectivity index (χ2n) is 6.95. The van der Waals surface area contributed by atoms with E-state index in [-0.39, 0.29) is 17.6 Å². The van der Waals surface area contributed by atoms with Crippen LogP contribution < -0.4 is 5.32 Å². The number of aromatic nitrogens is 1. The van der Waals surface area contributed by atoms with E-state index in [4.69, 9.17) is 16.6 Å². The van der Waals surface area contributed by atoms with Gasteiger partial charge in [-0.2, -0.15) is 0 Å². The second-order valence-corrected chi connectivity index (χ2v) is 7.34. The van der Waals surface area contributed by atoms with Crippen LogP contribution in [-0.2, 0) is 0 Å². The van der Waals surface area contributed by atoms with Gasteiger partial charge in [-0.1, -0.05) is 12.1 Å². The Labute approximate surface area is 174 Å². The first kappa shape index (κ1) is 19.1. The first-order chi connectivity index (χ1) is 14.0. The second kappa shape index (κ2) is 7.67. The number of carboxylic acid groups (broad SMARTS) is 1. The van der Waals surface area contributed by atoms with Crippen LogP contribution in [0.2, 0.25) is 0 Å². The molecule has 2 N–H and O–H groups in total. The van der Waals surface area contributed by atoms with Crippen molar-refractivity contribution in [2.24, 2.45) is 0 Å². The molecule has 2 aromatic heterocycles. The molecule has 3 aromatic rings. The van der Waals surface area contributed by atoms with E-state index in [0.717, 1.165) is 29.1 Å². The topological polar surface area (TPSA) is 78.6 Å². The Hall–Kier alpha value is -3.19. The minimum atomic E-state index is -0.942. The largest absolute Gasteiger partial charge is 0.478 e. The molecule has 0 radical (unpaired) electrons. The Morgan fingerprint density at radius 3 is 2.76 bits per heavy atom. The number of furan rings is 1. The first-order valence-electron chi connectivity index (χ1n) is 9.41. The third-order valence-electron chi connectivity index (χ3n) is 5.20. The van der Waals surface area contributed by atoms with Crippen LogP contribution in [0.15, 0.2) is 59.1 Å². The van der Waals surface area contributed by atoms with E-state index >= 15 is 0 Å². The van der Waals surface area contributed by atoms with Crippen LogP contribution in [0.4, 0.5) is 0 Å². The highest BCUT2D eigenvalue weighted by atomic mass is 32.1. The number of carbonyl (C=O) groups is 1. The van der Waals surface area contributed by atoms with Crippen LogP contribution >= 0.6 is 12.2 Å². The van der Waals surface area contributed by atoms with Gasteiger partial charge < -0.3 is 19.7 Å². The lowest BCUT2D eigenvalue weighted by atomic mass is 10.0. The molecule has 1 aromatic carbocycles. The van der Waals surface area contributed by atoms with Crippen LogP contribution in [0.25, 0.3) is 11.3 Å². The lowest BCUT2D eigenvalue weighted by molar-refractivity contribution is 0.0697. The molecule has 4 rings (SSSR count). The third-order valence-corrected chi connectivity index (χ3v) is 5.55. The predicted molar refractivity (Wildman–Crippen MR) is 114 cm³/mol. The van der Waals surface area contributed by atoms with Gasteiger partial charge in [-0.15, -0.1) is 0 Å². The van der Waals surface area contributed by atoms with Gasteiger partial charge in [0, 0.05) is 18.3 Å². The van der Waals surface area contributed by atoms with E-state index in [1.165, 1.54) is 0 Å². The molecule has 0 amide bonds. The summed E-state index contributed by atoms with van der Waals surface area (Å²) >= 11 is 5.54. The standard InChI is InChI=1S/C22H21N3O3S/c1-3-25-20(19(24-22(25)29)16-6-4-5-11-23-16)18-10-9-17(28-18)15-8-7-14(21(26)27)12-13(15)2/h4-12,19-20H,3H2,1-2H3,(H,24,29)(H,26,27)/t19-,20-/m1/s1. The van der Waals surface area contributed by atoms with Crippen molar-refractivity contribution >= 4 is 23.3 Å². The SMILES string of the molecule is CCN1C(=S)N[C@H](c2ccccn2)[C@H]1c1ccc(-c2ccc(C(=O)O)cc2C)o1. The van der Waals surface area contributed by atoms with Crippen LogP contribution in [-0.4, -0.2) is 32.6 Å². The normalized spacial score (nSPS) is 18.7. The maximum Gasteiger partial charge on any atom is 0.335 e. The molecule has 148 valence electrons. The monoisotopic (exact) mass is 407 g/mol. The molecule has 29 heavy (non-hydrogen) atoms. The van der Waals surface area contributed by atoms with Gasteiger partial charge in [-0.05, 0) is 68.0 Å². The molecule has 0 bridgehead atoms. The summed E-state index contributed by atoms with van der Waals surface area (Å²) in [6.45, 7) is 4.67. The predicted octanol–water partition coefficient (Wildman–Crippen LogP) is 4.34. The molecule has 6 nitrogen and oxygen atoms in total. The number of hydrogen-bond donors (Lipinski definition) is 2. The number of carboxylic acids is 1. The highest BCUT2D eigenvalue weighted by Gasteiger charge is 2.40. The van der Waals surface area contributed by atoms with Crippen molar-refractivity contribution in [3.63, 3.8) is 0 Å². The van der Waals surface area contributed by atoms with Crippen molar-refractivity contribution in [3.05, 3.63) is 77.3 Å². The van der Waals surface area contributed by atoms with E-state index in [1.807, 2.05) is 37.3 Å². The quantitative estimate of drug-likeness (QED) is 0.609. The molecule has 0 aliphatic carbocycles. The summed E-state index contributed by atoms with van der Waals surface area (Å²) in [5.41, 5.74) is 2.87. The zero-order valence-corrected chi connectivity index (χ0v) is 16.9. The number of nitrogens with zero attached hydrogens (tertiary/aromatic N) is 2. The minimum absolute atomic E-state index is 0.113. The Bertz CT molecular complexity index is 1060. The van der Waals surface area contributed by atoms with Gasteiger partial charge in [0.2, 0.25) is 0 Å². The van der Waals surface area contributed by atoms with Crippen molar-refractivity contribution in [2.45, 2.75) is 25.9 Å². The molecular formula is C22H21N3O3S.